The Labute approximate surface area is 176 Å². The Morgan fingerprint density at radius 1 is 1.00 bits per heavy atom. The van der Waals surface area contributed by atoms with Gasteiger partial charge in [-0.05, 0) is 56.9 Å². The number of benzene rings is 2. The monoisotopic (exact) mass is 395 g/mol. The van der Waals surface area contributed by atoms with Crippen molar-refractivity contribution in [3.63, 3.8) is 0 Å². The van der Waals surface area contributed by atoms with Gasteiger partial charge in [0.05, 0.1) is 0 Å². The highest BCUT2D eigenvalue weighted by atomic mass is 16.3. The van der Waals surface area contributed by atoms with Gasteiger partial charge in [0.25, 0.3) is 0 Å². The Morgan fingerprint density at radius 3 is 2.03 bits per heavy atom. The van der Waals surface area contributed by atoms with Crippen molar-refractivity contribution in [3.05, 3.63) is 71.8 Å². The lowest BCUT2D eigenvalue weighted by molar-refractivity contribution is -0.0782. The number of hydrogen-bond donors (Lipinski definition) is 2. The maximum absolute atomic E-state index is 11.3. The summed E-state index contributed by atoms with van der Waals surface area (Å²) in [6, 6.07) is 21.3. The van der Waals surface area contributed by atoms with E-state index in [1.165, 1.54) is 11.1 Å². The normalized spacial score (nSPS) is 20.3. The molecule has 0 amide bonds. The molecule has 3 rings (SSSR count). The predicted molar refractivity (Wildman–Crippen MR) is 121 cm³/mol. The zero-order valence-electron chi connectivity index (χ0n) is 18.2. The highest BCUT2D eigenvalue weighted by molar-refractivity contribution is 5.26. The largest absolute Gasteiger partial charge is 0.378 e. The molecule has 3 atom stereocenters. The Hall–Kier alpha value is -1.72. The van der Waals surface area contributed by atoms with E-state index in [4.69, 9.17) is 5.73 Å². The standard InChI is InChI=1S/C25H37N3O/c1-4-22(20-11-7-5-8-12-20)23(19-26)24(29)28-17-15-25(16-18-28,27(2)3)21-13-9-6-10-14-21/h5-14,22-24,29H,4,15-19,26H2,1-3H3/t22-,23+,24?/m0/s1. The van der Waals surface area contributed by atoms with Crippen LogP contribution in [0.4, 0.5) is 0 Å². The second-order valence-electron chi connectivity index (χ2n) is 8.57. The molecule has 2 aromatic carbocycles. The first-order valence-corrected chi connectivity index (χ1v) is 10.9. The topological polar surface area (TPSA) is 52.7 Å². The number of nitrogens with two attached hydrogens (primary N) is 1. The van der Waals surface area contributed by atoms with E-state index in [2.05, 4.69) is 85.4 Å². The van der Waals surface area contributed by atoms with Crippen molar-refractivity contribution in [2.45, 2.75) is 43.9 Å². The number of rotatable bonds is 8. The fourth-order valence-electron chi connectivity index (χ4n) is 5.15. The minimum atomic E-state index is -0.513. The average Bonchev–Trinajstić information content (AvgIpc) is 2.78. The van der Waals surface area contributed by atoms with Crippen LogP contribution < -0.4 is 5.73 Å². The van der Waals surface area contributed by atoms with Crippen LogP contribution in [0.2, 0.25) is 0 Å². The van der Waals surface area contributed by atoms with Gasteiger partial charge in [-0.2, -0.15) is 0 Å². The number of piperidine rings is 1. The summed E-state index contributed by atoms with van der Waals surface area (Å²) in [7, 11) is 4.34. The van der Waals surface area contributed by atoms with E-state index in [9.17, 15) is 5.11 Å². The van der Waals surface area contributed by atoms with Crippen molar-refractivity contribution in [2.75, 3.05) is 33.7 Å². The van der Waals surface area contributed by atoms with E-state index in [-0.39, 0.29) is 17.4 Å². The zero-order valence-corrected chi connectivity index (χ0v) is 18.2. The molecule has 4 heteroatoms. The van der Waals surface area contributed by atoms with Gasteiger partial charge in [0.1, 0.15) is 6.23 Å². The van der Waals surface area contributed by atoms with Gasteiger partial charge in [-0.15, -0.1) is 0 Å². The third-order valence-electron chi connectivity index (χ3n) is 7.01. The van der Waals surface area contributed by atoms with Gasteiger partial charge in [0.15, 0.2) is 0 Å². The predicted octanol–water partition coefficient (Wildman–Crippen LogP) is 3.63. The molecule has 1 unspecified atom stereocenters. The molecule has 4 nitrogen and oxygen atoms in total. The second kappa shape index (κ2) is 9.86. The van der Waals surface area contributed by atoms with E-state index in [0.717, 1.165) is 32.4 Å². The van der Waals surface area contributed by atoms with Crippen LogP contribution in [0.15, 0.2) is 60.7 Å². The fourth-order valence-corrected chi connectivity index (χ4v) is 5.15. The molecule has 1 fully saturated rings. The van der Waals surface area contributed by atoms with Crippen molar-refractivity contribution in [2.24, 2.45) is 11.7 Å². The van der Waals surface area contributed by atoms with Crippen LogP contribution in [-0.4, -0.2) is 54.9 Å². The second-order valence-corrected chi connectivity index (χ2v) is 8.57. The molecule has 1 aliphatic rings. The summed E-state index contributed by atoms with van der Waals surface area (Å²) in [6.45, 7) is 4.42. The molecule has 1 saturated heterocycles. The van der Waals surface area contributed by atoms with Crippen molar-refractivity contribution >= 4 is 0 Å². The fraction of sp³-hybridized carbons (Fsp3) is 0.520. The highest BCUT2D eigenvalue weighted by Gasteiger charge is 2.41. The summed E-state index contributed by atoms with van der Waals surface area (Å²) in [5.74, 6) is 0.303. The van der Waals surface area contributed by atoms with Crippen LogP contribution in [0, 0.1) is 5.92 Å². The molecule has 1 aliphatic heterocycles. The summed E-state index contributed by atoms with van der Waals surface area (Å²) in [5, 5.41) is 11.3. The number of nitrogens with zero attached hydrogens (tertiary/aromatic N) is 2. The third-order valence-corrected chi connectivity index (χ3v) is 7.01. The van der Waals surface area contributed by atoms with Crippen LogP contribution in [0.5, 0.6) is 0 Å². The van der Waals surface area contributed by atoms with E-state index in [1.807, 2.05) is 6.07 Å². The zero-order chi connectivity index (χ0) is 20.9. The Balaban J connectivity index is 1.75. The molecule has 0 aromatic heterocycles. The molecule has 158 valence electrons. The lowest BCUT2D eigenvalue weighted by Crippen LogP contribution is -2.55. The molecule has 2 aromatic rings. The van der Waals surface area contributed by atoms with Gasteiger partial charge in [-0.3, -0.25) is 9.80 Å². The molecule has 1 heterocycles. The van der Waals surface area contributed by atoms with Crippen molar-refractivity contribution in [1.82, 2.24) is 9.80 Å². The molecule has 0 saturated carbocycles. The first-order chi connectivity index (χ1) is 14.0. The summed E-state index contributed by atoms with van der Waals surface area (Å²) in [5.41, 5.74) is 8.86. The maximum atomic E-state index is 11.3. The number of aliphatic hydroxyl groups is 1. The molecule has 0 spiro atoms. The SMILES string of the molecule is CC[C@@H](c1ccccc1)[C@@H](CN)C(O)N1CCC(c2ccccc2)(N(C)C)CC1. The third kappa shape index (κ3) is 4.56. The van der Waals surface area contributed by atoms with E-state index in [1.54, 1.807) is 0 Å². The van der Waals surface area contributed by atoms with Crippen LogP contribution >= 0.6 is 0 Å². The summed E-state index contributed by atoms with van der Waals surface area (Å²) >= 11 is 0. The van der Waals surface area contributed by atoms with Gasteiger partial charge in [0, 0.05) is 24.5 Å². The minimum Gasteiger partial charge on any atom is -0.378 e. The molecule has 3 N–H and O–H groups in total. The Kier molecular flexibility index (Phi) is 7.47. The number of likely N-dealkylation sites (tertiary alicyclic amines) is 1. The molecule has 0 bridgehead atoms. The Bertz CT molecular complexity index is 726. The first kappa shape index (κ1) is 22.0. The van der Waals surface area contributed by atoms with Gasteiger partial charge >= 0.3 is 0 Å². The Morgan fingerprint density at radius 2 is 1.55 bits per heavy atom. The van der Waals surface area contributed by atoms with E-state index < -0.39 is 6.23 Å². The van der Waals surface area contributed by atoms with Gasteiger partial charge < -0.3 is 10.8 Å². The first-order valence-electron chi connectivity index (χ1n) is 10.9. The van der Waals surface area contributed by atoms with Crippen LogP contribution in [0.25, 0.3) is 0 Å². The maximum Gasteiger partial charge on any atom is 0.112 e. The van der Waals surface area contributed by atoms with Crippen molar-refractivity contribution in [3.8, 4) is 0 Å². The summed E-state index contributed by atoms with van der Waals surface area (Å²) in [6.07, 6.45) is 2.46. The lowest BCUT2D eigenvalue weighted by Gasteiger charge is -2.49. The van der Waals surface area contributed by atoms with Gasteiger partial charge in [0.2, 0.25) is 0 Å². The molecule has 29 heavy (non-hydrogen) atoms. The minimum absolute atomic E-state index is 0.0271. The number of hydrogen-bond acceptors (Lipinski definition) is 4. The summed E-state index contributed by atoms with van der Waals surface area (Å²) in [4.78, 5) is 4.60. The van der Waals surface area contributed by atoms with Crippen molar-refractivity contribution in [1.29, 1.82) is 0 Å². The number of aliphatic hydroxyl groups excluding tert-OH is 1. The smallest absolute Gasteiger partial charge is 0.112 e. The quantitative estimate of drug-likeness (QED) is 0.717. The molecule has 0 aliphatic carbocycles. The van der Waals surface area contributed by atoms with Crippen molar-refractivity contribution < 1.29 is 5.11 Å². The summed E-state index contributed by atoms with van der Waals surface area (Å²) < 4.78 is 0. The van der Waals surface area contributed by atoms with Gasteiger partial charge in [-0.1, -0.05) is 67.6 Å². The lowest BCUT2D eigenvalue weighted by atomic mass is 9.78. The molecule has 0 radical (unpaired) electrons. The van der Waals surface area contributed by atoms with Crippen LogP contribution in [0.3, 0.4) is 0 Å². The van der Waals surface area contributed by atoms with E-state index in [0.29, 0.717) is 6.54 Å². The van der Waals surface area contributed by atoms with Gasteiger partial charge in [-0.25, -0.2) is 0 Å². The molecular formula is C25H37N3O. The van der Waals surface area contributed by atoms with Crippen LogP contribution in [-0.2, 0) is 5.54 Å². The average molecular weight is 396 g/mol. The highest BCUT2D eigenvalue weighted by Crippen LogP contribution is 2.39. The van der Waals surface area contributed by atoms with Crippen LogP contribution in [0.1, 0.15) is 43.2 Å². The van der Waals surface area contributed by atoms with E-state index >= 15 is 0 Å². The molecular weight excluding hydrogens is 358 g/mol.